The molecule has 0 saturated heterocycles. The molecule has 1 heterocycles. The minimum Gasteiger partial charge on any atom is -0.245 e. The van der Waals surface area contributed by atoms with Crippen molar-refractivity contribution in [3.63, 3.8) is 0 Å². The Morgan fingerprint density at radius 2 is 1.73 bits per heavy atom. The zero-order valence-corrected chi connectivity index (χ0v) is 7.94. The number of benzene rings is 1. The van der Waals surface area contributed by atoms with Gasteiger partial charge in [0.2, 0.25) is 0 Å². The molecule has 0 N–H and O–H groups in total. The number of pyridine rings is 1. The molecule has 0 aliphatic rings. The molecule has 72 valence electrons. The van der Waals surface area contributed by atoms with Gasteiger partial charge in [0.15, 0.2) is 5.82 Å². The summed E-state index contributed by atoms with van der Waals surface area (Å²) in [6.07, 6.45) is 1.53. The molecule has 0 atom stereocenters. The third-order valence-electron chi connectivity index (χ3n) is 1.86. The van der Waals surface area contributed by atoms with E-state index in [-0.39, 0.29) is 11.5 Å². The van der Waals surface area contributed by atoms with Gasteiger partial charge in [0, 0.05) is 11.8 Å². The summed E-state index contributed by atoms with van der Waals surface area (Å²) < 4.78 is 13.1. The highest BCUT2D eigenvalue weighted by atomic mass is 19.1. The van der Waals surface area contributed by atoms with Crippen molar-refractivity contribution in [2.24, 2.45) is 0 Å². The van der Waals surface area contributed by atoms with E-state index < -0.39 is 0 Å². The van der Waals surface area contributed by atoms with Crippen molar-refractivity contribution in [1.82, 2.24) is 4.98 Å². The summed E-state index contributed by atoms with van der Waals surface area (Å²) in [6.45, 7) is 0. The smallest absolute Gasteiger partial charge is 0.157 e. The van der Waals surface area contributed by atoms with Gasteiger partial charge in [-0.05, 0) is 30.2 Å². The van der Waals surface area contributed by atoms with E-state index in [4.69, 9.17) is 0 Å². The molecule has 0 bridgehead atoms. The van der Waals surface area contributed by atoms with E-state index in [1.807, 2.05) is 30.3 Å². The molecule has 0 amide bonds. The molecule has 0 aliphatic carbocycles. The third kappa shape index (κ3) is 2.41. The Balaban J connectivity index is 2.31. The fourth-order valence-corrected chi connectivity index (χ4v) is 1.13. The quantitative estimate of drug-likeness (QED) is 0.591. The summed E-state index contributed by atoms with van der Waals surface area (Å²) in [4.78, 5) is 3.84. The molecule has 1 aromatic heterocycles. The molecule has 15 heavy (non-hydrogen) atoms. The number of rotatable bonds is 0. The van der Waals surface area contributed by atoms with Crippen LogP contribution in [0, 0.1) is 17.7 Å². The molecule has 0 unspecified atom stereocenters. The first-order chi connectivity index (χ1) is 7.36. The first kappa shape index (κ1) is 9.42. The topological polar surface area (TPSA) is 12.9 Å². The van der Waals surface area contributed by atoms with Crippen LogP contribution < -0.4 is 0 Å². The van der Waals surface area contributed by atoms with Crippen molar-refractivity contribution in [3.05, 3.63) is 65.7 Å². The monoisotopic (exact) mass is 197 g/mol. The number of hydrogen-bond acceptors (Lipinski definition) is 1. The predicted molar refractivity (Wildman–Crippen MR) is 56.6 cm³/mol. The van der Waals surface area contributed by atoms with Crippen molar-refractivity contribution in [3.8, 4) is 11.8 Å². The molecule has 2 aromatic rings. The highest BCUT2D eigenvalue weighted by Gasteiger charge is 1.96. The van der Waals surface area contributed by atoms with Gasteiger partial charge in [0.25, 0.3) is 0 Å². The standard InChI is InChI=1S/C13H8FN/c14-12-7-4-10-15-13(12)9-8-11-5-2-1-3-6-11/h1-7,10H. The second-order valence-corrected chi connectivity index (χ2v) is 2.95. The molecule has 0 aliphatic heterocycles. The summed E-state index contributed by atoms with van der Waals surface area (Å²) in [5.41, 5.74) is 1.03. The highest BCUT2D eigenvalue weighted by molar-refractivity contribution is 5.39. The van der Waals surface area contributed by atoms with E-state index in [0.717, 1.165) is 5.56 Å². The van der Waals surface area contributed by atoms with Crippen molar-refractivity contribution in [2.75, 3.05) is 0 Å². The Morgan fingerprint density at radius 3 is 2.47 bits per heavy atom. The minimum atomic E-state index is -0.388. The average Bonchev–Trinajstić information content (AvgIpc) is 2.29. The molecule has 0 saturated carbocycles. The Hall–Kier alpha value is -2.14. The molecule has 0 spiro atoms. The van der Waals surface area contributed by atoms with Crippen LogP contribution in [0.2, 0.25) is 0 Å². The second kappa shape index (κ2) is 4.39. The Labute approximate surface area is 87.6 Å². The molecular formula is C13H8FN. The third-order valence-corrected chi connectivity index (χ3v) is 1.86. The van der Waals surface area contributed by atoms with Crippen LogP contribution in [0.15, 0.2) is 48.7 Å². The maximum atomic E-state index is 13.1. The van der Waals surface area contributed by atoms with Gasteiger partial charge in [-0.3, -0.25) is 0 Å². The Kier molecular flexibility index (Phi) is 2.75. The van der Waals surface area contributed by atoms with Gasteiger partial charge in [-0.15, -0.1) is 0 Å². The van der Waals surface area contributed by atoms with Gasteiger partial charge in [-0.1, -0.05) is 24.1 Å². The van der Waals surface area contributed by atoms with E-state index in [2.05, 4.69) is 16.8 Å². The van der Waals surface area contributed by atoms with Gasteiger partial charge in [-0.2, -0.15) is 0 Å². The summed E-state index contributed by atoms with van der Waals surface area (Å²) in [5.74, 6) is 5.15. The molecule has 1 aromatic carbocycles. The van der Waals surface area contributed by atoms with E-state index >= 15 is 0 Å². The maximum absolute atomic E-state index is 13.1. The summed E-state index contributed by atoms with van der Waals surface area (Å²) in [7, 11) is 0. The van der Waals surface area contributed by atoms with Gasteiger partial charge in [0.05, 0.1) is 0 Å². The predicted octanol–water partition coefficient (Wildman–Crippen LogP) is 2.62. The van der Waals surface area contributed by atoms with Crippen LogP contribution in [0.1, 0.15) is 11.3 Å². The van der Waals surface area contributed by atoms with Crippen LogP contribution in [0.5, 0.6) is 0 Å². The fourth-order valence-electron chi connectivity index (χ4n) is 1.13. The molecule has 2 rings (SSSR count). The number of hydrogen-bond donors (Lipinski definition) is 0. The SMILES string of the molecule is Fc1cccnc1C#Cc1ccccc1. The van der Waals surface area contributed by atoms with E-state index in [9.17, 15) is 4.39 Å². The zero-order chi connectivity index (χ0) is 10.5. The molecular weight excluding hydrogens is 189 g/mol. The van der Waals surface area contributed by atoms with Crippen molar-refractivity contribution < 1.29 is 4.39 Å². The summed E-state index contributed by atoms with van der Waals surface area (Å²) >= 11 is 0. The molecule has 1 nitrogen and oxygen atoms in total. The van der Waals surface area contributed by atoms with Crippen LogP contribution in [-0.2, 0) is 0 Å². The first-order valence-corrected chi connectivity index (χ1v) is 4.54. The summed E-state index contributed by atoms with van der Waals surface area (Å²) in [6, 6.07) is 12.3. The molecule has 2 heteroatoms. The van der Waals surface area contributed by atoms with Gasteiger partial charge < -0.3 is 0 Å². The fraction of sp³-hybridized carbons (Fsp3) is 0. The van der Waals surface area contributed by atoms with Gasteiger partial charge >= 0.3 is 0 Å². The number of aromatic nitrogens is 1. The Morgan fingerprint density at radius 1 is 0.933 bits per heavy atom. The van der Waals surface area contributed by atoms with Crippen molar-refractivity contribution >= 4 is 0 Å². The normalized spacial score (nSPS) is 9.13. The van der Waals surface area contributed by atoms with Crippen LogP contribution in [-0.4, -0.2) is 4.98 Å². The minimum absolute atomic E-state index is 0.182. The van der Waals surface area contributed by atoms with Crippen molar-refractivity contribution in [2.45, 2.75) is 0 Å². The van der Waals surface area contributed by atoms with Crippen LogP contribution in [0.25, 0.3) is 0 Å². The zero-order valence-electron chi connectivity index (χ0n) is 7.94. The largest absolute Gasteiger partial charge is 0.245 e. The average molecular weight is 197 g/mol. The molecule has 0 fully saturated rings. The van der Waals surface area contributed by atoms with Crippen LogP contribution in [0.3, 0.4) is 0 Å². The van der Waals surface area contributed by atoms with Crippen molar-refractivity contribution in [1.29, 1.82) is 0 Å². The van der Waals surface area contributed by atoms with Crippen LogP contribution in [0.4, 0.5) is 4.39 Å². The second-order valence-electron chi connectivity index (χ2n) is 2.95. The summed E-state index contributed by atoms with van der Waals surface area (Å²) in [5, 5.41) is 0. The maximum Gasteiger partial charge on any atom is 0.157 e. The van der Waals surface area contributed by atoms with E-state index in [1.165, 1.54) is 12.3 Å². The number of nitrogens with zero attached hydrogens (tertiary/aromatic N) is 1. The van der Waals surface area contributed by atoms with E-state index in [1.54, 1.807) is 6.07 Å². The van der Waals surface area contributed by atoms with Gasteiger partial charge in [0.1, 0.15) is 5.69 Å². The lowest BCUT2D eigenvalue weighted by atomic mass is 10.2. The highest BCUT2D eigenvalue weighted by Crippen LogP contribution is 2.01. The van der Waals surface area contributed by atoms with Crippen LogP contribution >= 0.6 is 0 Å². The lowest BCUT2D eigenvalue weighted by Gasteiger charge is -1.90. The van der Waals surface area contributed by atoms with Gasteiger partial charge in [-0.25, -0.2) is 9.37 Å². The molecule has 0 radical (unpaired) electrons. The van der Waals surface area contributed by atoms with E-state index in [0.29, 0.717) is 0 Å². The number of halogens is 1. The Bertz CT molecular complexity index is 509. The first-order valence-electron chi connectivity index (χ1n) is 4.54. The lowest BCUT2D eigenvalue weighted by molar-refractivity contribution is 0.617. The lowest BCUT2D eigenvalue weighted by Crippen LogP contribution is -1.86.